The molecule has 1 unspecified atom stereocenters. The van der Waals surface area contributed by atoms with E-state index in [2.05, 4.69) is 62.4 Å². The van der Waals surface area contributed by atoms with E-state index in [9.17, 15) is 0 Å². The molecular weight excluding hydrogens is 322 g/mol. The Morgan fingerprint density at radius 3 is 2.84 bits per heavy atom. The van der Waals surface area contributed by atoms with Crippen molar-refractivity contribution >= 4 is 27.3 Å². The molecule has 0 aliphatic rings. The number of rotatable bonds is 6. The highest BCUT2D eigenvalue weighted by molar-refractivity contribution is 9.10. The van der Waals surface area contributed by atoms with Crippen LogP contribution in [0.4, 0.5) is 0 Å². The number of aromatic nitrogens is 2. The van der Waals surface area contributed by atoms with Crippen molar-refractivity contribution in [1.29, 1.82) is 0 Å². The Morgan fingerprint density at radius 1 is 1.47 bits per heavy atom. The number of thiophene rings is 1. The molecule has 3 nitrogen and oxygen atoms in total. The lowest BCUT2D eigenvalue weighted by atomic mass is 10.1. The maximum atomic E-state index is 4.57. The summed E-state index contributed by atoms with van der Waals surface area (Å²) in [5.41, 5.74) is 2.35. The Bertz CT molecular complexity index is 519. The Balaban J connectivity index is 2.27. The molecule has 1 N–H and O–H groups in total. The first kappa shape index (κ1) is 14.8. The van der Waals surface area contributed by atoms with Gasteiger partial charge in [-0.3, -0.25) is 4.68 Å². The molecule has 0 spiro atoms. The molecule has 0 aromatic carbocycles. The summed E-state index contributed by atoms with van der Waals surface area (Å²) in [6, 6.07) is 4.68. The molecule has 0 aliphatic heterocycles. The quantitative estimate of drug-likeness (QED) is 0.862. The second kappa shape index (κ2) is 6.68. The highest BCUT2D eigenvalue weighted by Crippen LogP contribution is 2.28. The molecule has 0 amide bonds. The van der Waals surface area contributed by atoms with Gasteiger partial charge in [0.05, 0.1) is 15.9 Å². The largest absolute Gasteiger partial charge is 0.309 e. The SMILES string of the molecule is CCNC(Cc1c(Br)c(C)nn1CC)c1cccs1. The first-order chi connectivity index (χ1) is 9.17. The lowest BCUT2D eigenvalue weighted by molar-refractivity contribution is 0.521. The minimum absolute atomic E-state index is 0.364. The van der Waals surface area contributed by atoms with Gasteiger partial charge in [-0.25, -0.2) is 0 Å². The van der Waals surface area contributed by atoms with Gasteiger partial charge < -0.3 is 5.32 Å². The minimum atomic E-state index is 0.364. The highest BCUT2D eigenvalue weighted by Gasteiger charge is 2.19. The van der Waals surface area contributed by atoms with Crippen molar-refractivity contribution in [2.75, 3.05) is 6.54 Å². The van der Waals surface area contributed by atoms with E-state index in [1.54, 1.807) is 0 Å². The summed E-state index contributed by atoms with van der Waals surface area (Å²) in [5, 5.41) is 10.3. The molecule has 0 aliphatic carbocycles. The van der Waals surface area contributed by atoms with Gasteiger partial charge >= 0.3 is 0 Å². The molecular formula is C14H20BrN3S. The molecule has 5 heteroatoms. The Labute approximate surface area is 127 Å². The van der Waals surface area contributed by atoms with Crippen LogP contribution < -0.4 is 5.32 Å². The molecule has 19 heavy (non-hydrogen) atoms. The van der Waals surface area contributed by atoms with Crippen molar-refractivity contribution in [1.82, 2.24) is 15.1 Å². The molecule has 0 fully saturated rings. The maximum absolute atomic E-state index is 4.57. The van der Waals surface area contributed by atoms with E-state index < -0.39 is 0 Å². The average molecular weight is 342 g/mol. The first-order valence-electron chi connectivity index (χ1n) is 6.65. The summed E-state index contributed by atoms with van der Waals surface area (Å²) in [6.07, 6.45) is 0.962. The lowest BCUT2D eigenvalue weighted by Crippen LogP contribution is -2.23. The van der Waals surface area contributed by atoms with Crippen molar-refractivity contribution < 1.29 is 0 Å². The number of hydrogen-bond donors (Lipinski definition) is 1. The third kappa shape index (κ3) is 3.27. The normalized spacial score (nSPS) is 12.8. The smallest absolute Gasteiger partial charge is 0.0738 e. The molecule has 1 atom stereocenters. The summed E-state index contributed by atoms with van der Waals surface area (Å²) in [6.45, 7) is 8.21. The fourth-order valence-corrected chi connectivity index (χ4v) is 3.51. The third-order valence-corrected chi connectivity index (χ3v) is 5.20. The standard InChI is InChI=1S/C14H20BrN3S/c1-4-16-11(13-7-6-8-19-13)9-12-14(15)10(3)17-18(12)5-2/h6-8,11,16H,4-5,9H2,1-3H3. The lowest BCUT2D eigenvalue weighted by Gasteiger charge is -2.17. The van der Waals surface area contributed by atoms with Crippen LogP contribution in [-0.2, 0) is 13.0 Å². The molecule has 0 radical (unpaired) electrons. The Kier molecular flexibility index (Phi) is 5.19. The van der Waals surface area contributed by atoms with E-state index in [0.717, 1.165) is 29.7 Å². The van der Waals surface area contributed by atoms with Crippen LogP contribution in [0.15, 0.2) is 22.0 Å². The maximum Gasteiger partial charge on any atom is 0.0738 e. The number of likely N-dealkylation sites (N-methyl/N-ethyl adjacent to an activating group) is 1. The molecule has 2 rings (SSSR count). The Hall–Kier alpha value is -0.650. The predicted octanol–water partition coefficient (Wildman–Crippen LogP) is 3.93. The van der Waals surface area contributed by atoms with Crippen molar-refractivity contribution in [3.8, 4) is 0 Å². The summed E-state index contributed by atoms with van der Waals surface area (Å²) < 4.78 is 3.24. The van der Waals surface area contributed by atoms with E-state index in [1.807, 2.05) is 18.3 Å². The van der Waals surface area contributed by atoms with Gasteiger partial charge in [0.2, 0.25) is 0 Å². The molecule has 2 aromatic rings. The fraction of sp³-hybridized carbons (Fsp3) is 0.500. The van der Waals surface area contributed by atoms with Crippen LogP contribution in [0.5, 0.6) is 0 Å². The Morgan fingerprint density at radius 2 is 2.26 bits per heavy atom. The number of hydrogen-bond acceptors (Lipinski definition) is 3. The summed E-state index contributed by atoms with van der Waals surface area (Å²) in [4.78, 5) is 1.38. The monoisotopic (exact) mass is 341 g/mol. The van der Waals surface area contributed by atoms with Crippen LogP contribution >= 0.6 is 27.3 Å². The topological polar surface area (TPSA) is 29.9 Å². The molecule has 0 saturated heterocycles. The van der Waals surface area contributed by atoms with Crippen LogP contribution in [0, 0.1) is 6.92 Å². The molecule has 104 valence electrons. The van der Waals surface area contributed by atoms with E-state index in [4.69, 9.17) is 0 Å². The van der Waals surface area contributed by atoms with E-state index >= 15 is 0 Å². The van der Waals surface area contributed by atoms with Gasteiger partial charge in [0, 0.05) is 23.9 Å². The van der Waals surface area contributed by atoms with Crippen LogP contribution in [0.1, 0.15) is 36.2 Å². The second-order valence-electron chi connectivity index (χ2n) is 4.49. The van der Waals surface area contributed by atoms with Gasteiger partial charge in [-0.05, 0) is 47.8 Å². The van der Waals surface area contributed by atoms with Crippen molar-refractivity contribution in [2.24, 2.45) is 0 Å². The van der Waals surface area contributed by atoms with Gasteiger partial charge in [0.1, 0.15) is 0 Å². The van der Waals surface area contributed by atoms with Gasteiger partial charge in [-0.15, -0.1) is 11.3 Å². The van der Waals surface area contributed by atoms with Gasteiger partial charge in [-0.2, -0.15) is 5.10 Å². The predicted molar refractivity (Wildman–Crippen MR) is 84.8 cm³/mol. The van der Waals surface area contributed by atoms with Crippen molar-refractivity contribution in [3.05, 3.63) is 38.3 Å². The number of aryl methyl sites for hydroxylation is 2. The summed E-state index contributed by atoms with van der Waals surface area (Å²) in [5.74, 6) is 0. The van der Waals surface area contributed by atoms with Gasteiger partial charge in [-0.1, -0.05) is 13.0 Å². The fourth-order valence-electron chi connectivity index (χ4n) is 2.27. The van der Waals surface area contributed by atoms with Gasteiger partial charge in [0.25, 0.3) is 0 Å². The summed E-state index contributed by atoms with van der Waals surface area (Å²) >= 11 is 5.49. The van der Waals surface area contributed by atoms with Crippen molar-refractivity contribution in [3.63, 3.8) is 0 Å². The molecule has 2 heterocycles. The van der Waals surface area contributed by atoms with E-state index in [-0.39, 0.29) is 0 Å². The van der Waals surface area contributed by atoms with Crippen LogP contribution in [0.2, 0.25) is 0 Å². The number of halogens is 1. The minimum Gasteiger partial charge on any atom is -0.309 e. The molecule has 0 saturated carbocycles. The van der Waals surface area contributed by atoms with E-state index in [0.29, 0.717) is 6.04 Å². The van der Waals surface area contributed by atoms with Crippen molar-refractivity contribution in [2.45, 2.75) is 39.8 Å². The first-order valence-corrected chi connectivity index (χ1v) is 8.33. The zero-order valence-electron chi connectivity index (χ0n) is 11.6. The third-order valence-electron chi connectivity index (χ3n) is 3.19. The van der Waals surface area contributed by atoms with E-state index in [1.165, 1.54) is 10.6 Å². The summed E-state index contributed by atoms with van der Waals surface area (Å²) in [7, 11) is 0. The van der Waals surface area contributed by atoms with Crippen LogP contribution in [0.25, 0.3) is 0 Å². The molecule has 0 bridgehead atoms. The number of nitrogens with zero attached hydrogens (tertiary/aromatic N) is 2. The average Bonchev–Trinajstić information content (AvgIpc) is 3.01. The highest BCUT2D eigenvalue weighted by atomic mass is 79.9. The zero-order valence-corrected chi connectivity index (χ0v) is 14.0. The number of nitrogens with one attached hydrogen (secondary N) is 1. The van der Waals surface area contributed by atoms with Gasteiger partial charge in [0.15, 0.2) is 0 Å². The molecule has 2 aromatic heterocycles. The van der Waals surface area contributed by atoms with Crippen LogP contribution in [-0.4, -0.2) is 16.3 Å². The second-order valence-corrected chi connectivity index (χ2v) is 6.26. The van der Waals surface area contributed by atoms with Crippen LogP contribution in [0.3, 0.4) is 0 Å². The zero-order chi connectivity index (χ0) is 13.8.